The van der Waals surface area contributed by atoms with E-state index in [0.29, 0.717) is 25.5 Å². The summed E-state index contributed by atoms with van der Waals surface area (Å²) >= 11 is 0. The van der Waals surface area contributed by atoms with Crippen molar-refractivity contribution in [3.63, 3.8) is 0 Å². The van der Waals surface area contributed by atoms with Crippen LogP contribution in [0, 0.1) is 26.2 Å². The zero-order chi connectivity index (χ0) is 25.3. The molecule has 1 aromatic heterocycles. The summed E-state index contributed by atoms with van der Waals surface area (Å²) in [4.78, 5) is 2.20. The van der Waals surface area contributed by atoms with Crippen molar-refractivity contribution in [2.45, 2.75) is 45.4 Å². The van der Waals surface area contributed by atoms with E-state index in [1.165, 1.54) is 5.56 Å². The number of ether oxygens (including phenoxy) is 3. The molecule has 0 unspecified atom stereocenters. The molecule has 1 N–H and O–H groups in total. The molecule has 2 heterocycles. The molecule has 4 rings (SSSR count). The van der Waals surface area contributed by atoms with Gasteiger partial charge in [-0.15, -0.1) is 6.42 Å². The molecule has 0 radical (unpaired) electrons. The minimum absolute atomic E-state index is 0.134. The SMILES string of the molecule is C#CCOC[C@@H](O)CN(Cc1c(C)nn(-c2ccccc2)c1Oc1ccc(C)cc1)C[C@H]1CCCO1. The minimum Gasteiger partial charge on any atom is -0.439 e. The first-order valence-electron chi connectivity index (χ1n) is 12.4. The molecule has 7 heteroatoms. The minimum atomic E-state index is -0.675. The van der Waals surface area contributed by atoms with Crippen LogP contribution in [0.3, 0.4) is 0 Å². The van der Waals surface area contributed by atoms with Crippen molar-refractivity contribution in [3.05, 3.63) is 71.4 Å². The summed E-state index contributed by atoms with van der Waals surface area (Å²) < 4.78 is 19.6. The van der Waals surface area contributed by atoms with Crippen LogP contribution in [0.1, 0.15) is 29.7 Å². The van der Waals surface area contributed by atoms with Gasteiger partial charge in [-0.2, -0.15) is 5.10 Å². The Morgan fingerprint density at radius 3 is 2.67 bits per heavy atom. The second-order valence-corrected chi connectivity index (χ2v) is 9.23. The van der Waals surface area contributed by atoms with Gasteiger partial charge in [0.15, 0.2) is 0 Å². The van der Waals surface area contributed by atoms with Gasteiger partial charge in [-0.1, -0.05) is 41.8 Å². The largest absolute Gasteiger partial charge is 0.439 e. The topological polar surface area (TPSA) is 69.0 Å². The lowest BCUT2D eigenvalue weighted by atomic mass is 10.1. The highest BCUT2D eigenvalue weighted by atomic mass is 16.5. The lowest BCUT2D eigenvalue weighted by Gasteiger charge is -2.27. The third kappa shape index (κ3) is 6.96. The average Bonchev–Trinajstić information content (AvgIpc) is 3.49. The van der Waals surface area contributed by atoms with Gasteiger partial charge in [-0.3, -0.25) is 4.90 Å². The highest BCUT2D eigenvalue weighted by Crippen LogP contribution is 2.32. The number of hydrogen-bond donors (Lipinski definition) is 1. The average molecular weight is 490 g/mol. The first-order valence-corrected chi connectivity index (χ1v) is 12.4. The zero-order valence-corrected chi connectivity index (χ0v) is 21.1. The Bertz CT molecular complexity index is 1130. The van der Waals surface area contributed by atoms with Crippen LogP contribution in [-0.2, 0) is 16.0 Å². The van der Waals surface area contributed by atoms with Gasteiger partial charge < -0.3 is 19.3 Å². The Balaban J connectivity index is 1.63. The number of terminal acetylenes is 1. The third-order valence-corrected chi connectivity index (χ3v) is 6.21. The predicted octanol–water partition coefficient (Wildman–Crippen LogP) is 4.27. The quantitative estimate of drug-likeness (QED) is 0.303. The maximum absolute atomic E-state index is 10.7. The monoisotopic (exact) mass is 489 g/mol. The van der Waals surface area contributed by atoms with E-state index in [1.54, 1.807) is 0 Å². The summed E-state index contributed by atoms with van der Waals surface area (Å²) in [5.74, 6) is 3.85. The Labute approximate surface area is 213 Å². The van der Waals surface area contributed by atoms with Gasteiger partial charge in [-0.25, -0.2) is 4.68 Å². The van der Waals surface area contributed by atoms with Crippen molar-refractivity contribution >= 4 is 0 Å². The molecule has 0 aliphatic carbocycles. The molecule has 3 aromatic rings. The molecule has 1 aliphatic rings. The Hall–Kier alpha value is -3.15. The molecular formula is C29H35N3O4. The molecule has 2 aromatic carbocycles. The summed E-state index contributed by atoms with van der Waals surface area (Å²) in [5, 5.41) is 15.5. The van der Waals surface area contributed by atoms with Crippen LogP contribution in [-0.4, -0.2) is 64.9 Å². The molecule has 1 saturated heterocycles. The van der Waals surface area contributed by atoms with Crippen molar-refractivity contribution in [2.24, 2.45) is 0 Å². The van der Waals surface area contributed by atoms with E-state index in [0.717, 1.165) is 42.1 Å². The number of aliphatic hydroxyl groups excluding tert-OH is 1. The van der Waals surface area contributed by atoms with Crippen LogP contribution in [0.4, 0.5) is 0 Å². The fourth-order valence-electron chi connectivity index (χ4n) is 4.40. The predicted molar refractivity (Wildman–Crippen MR) is 139 cm³/mol. The number of aromatic nitrogens is 2. The lowest BCUT2D eigenvalue weighted by molar-refractivity contribution is 0.00935. The number of aryl methyl sites for hydroxylation is 2. The van der Waals surface area contributed by atoms with Gasteiger partial charge in [0, 0.05) is 26.2 Å². The van der Waals surface area contributed by atoms with E-state index in [1.807, 2.05) is 66.2 Å². The molecule has 0 spiro atoms. The third-order valence-electron chi connectivity index (χ3n) is 6.21. The van der Waals surface area contributed by atoms with Crippen LogP contribution in [0.25, 0.3) is 5.69 Å². The second kappa shape index (κ2) is 12.7. The van der Waals surface area contributed by atoms with Crippen LogP contribution >= 0.6 is 0 Å². The zero-order valence-electron chi connectivity index (χ0n) is 21.1. The summed E-state index contributed by atoms with van der Waals surface area (Å²) in [7, 11) is 0. The number of aliphatic hydroxyl groups is 1. The molecule has 0 saturated carbocycles. The molecular weight excluding hydrogens is 454 g/mol. The Morgan fingerprint density at radius 2 is 1.97 bits per heavy atom. The Kier molecular flexibility index (Phi) is 9.15. The lowest BCUT2D eigenvalue weighted by Crippen LogP contribution is -2.39. The van der Waals surface area contributed by atoms with Crippen LogP contribution in [0.5, 0.6) is 11.6 Å². The van der Waals surface area contributed by atoms with E-state index in [9.17, 15) is 5.11 Å². The van der Waals surface area contributed by atoms with Gasteiger partial charge in [-0.05, 0) is 51.0 Å². The number of rotatable bonds is 12. The first-order chi connectivity index (χ1) is 17.5. The van der Waals surface area contributed by atoms with Crippen LogP contribution in [0.2, 0.25) is 0 Å². The van der Waals surface area contributed by atoms with Crippen molar-refractivity contribution in [2.75, 3.05) is 32.9 Å². The summed E-state index contributed by atoms with van der Waals surface area (Å²) in [6.07, 6.45) is 6.80. The maximum atomic E-state index is 10.7. The Morgan fingerprint density at radius 1 is 1.19 bits per heavy atom. The summed E-state index contributed by atoms with van der Waals surface area (Å²) in [6.45, 7) is 6.85. The molecule has 1 fully saturated rings. The highest BCUT2D eigenvalue weighted by molar-refractivity contribution is 5.43. The van der Waals surface area contributed by atoms with Gasteiger partial charge in [0.25, 0.3) is 0 Å². The standard InChI is InChI=1S/C29H35N3O4/c1-4-16-34-21-25(33)18-31(19-27-11-8-17-35-27)20-28-23(3)30-32(24-9-6-5-7-10-24)29(28)36-26-14-12-22(2)13-15-26/h1,5-7,9-10,12-15,25,27,33H,8,11,16-21H2,2-3H3/t25-,27+/m0/s1. The molecule has 190 valence electrons. The van der Waals surface area contributed by atoms with Crippen molar-refractivity contribution < 1.29 is 19.3 Å². The fourth-order valence-corrected chi connectivity index (χ4v) is 4.40. The first kappa shape index (κ1) is 25.9. The number of benzene rings is 2. The molecule has 36 heavy (non-hydrogen) atoms. The van der Waals surface area contributed by atoms with Gasteiger partial charge in [0.1, 0.15) is 12.4 Å². The van der Waals surface area contributed by atoms with E-state index in [-0.39, 0.29) is 19.3 Å². The number of hydrogen-bond acceptors (Lipinski definition) is 6. The van der Waals surface area contributed by atoms with Crippen LogP contribution < -0.4 is 4.74 Å². The van der Waals surface area contributed by atoms with Gasteiger partial charge in [0.2, 0.25) is 5.88 Å². The van der Waals surface area contributed by atoms with Crippen LogP contribution in [0.15, 0.2) is 54.6 Å². The maximum Gasteiger partial charge on any atom is 0.227 e. The van der Waals surface area contributed by atoms with E-state index < -0.39 is 6.10 Å². The van der Waals surface area contributed by atoms with Crippen molar-refractivity contribution in [1.29, 1.82) is 0 Å². The molecule has 7 nitrogen and oxygen atoms in total. The highest BCUT2D eigenvalue weighted by Gasteiger charge is 2.26. The smallest absolute Gasteiger partial charge is 0.227 e. The van der Waals surface area contributed by atoms with Crippen molar-refractivity contribution in [1.82, 2.24) is 14.7 Å². The van der Waals surface area contributed by atoms with Crippen molar-refractivity contribution in [3.8, 4) is 29.7 Å². The summed E-state index contributed by atoms with van der Waals surface area (Å²) in [6, 6.07) is 18.0. The van der Waals surface area contributed by atoms with Gasteiger partial charge in [0.05, 0.1) is 35.8 Å². The van der Waals surface area contributed by atoms with E-state index in [4.69, 9.17) is 25.7 Å². The van der Waals surface area contributed by atoms with E-state index in [2.05, 4.69) is 17.7 Å². The second-order valence-electron chi connectivity index (χ2n) is 9.23. The number of para-hydroxylation sites is 1. The number of nitrogens with zero attached hydrogens (tertiary/aromatic N) is 3. The molecule has 0 bridgehead atoms. The molecule has 2 atom stereocenters. The summed E-state index contributed by atoms with van der Waals surface area (Å²) in [5.41, 5.74) is 3.92. The fraction of sp³-hybridized carbons (Fsp3) is 0.414. The van der Waals surface area contributed by atoms with Gasteiger partial charge >= 0.3 is 0 Å². The molecule has 0 amide bonds. The normalized spacial score (nSPS) is 16.2. The molecule has 1 aliphatic heterocycles. The van der Waals surface area contributed by atoms with E-state index >= 15 is 0 Å².